The number of fused-ring (bicyclic) bond motifs is 1. The fourth-order valence-electron chi connectivity index (χ4n) is 0.946. The van der Waals surface area contributed by atoms with E-state index in [0.717, 1.165) is 0 Å². The number of nitrogens with zero attached hydrogens (tertiary/aromatic N) is 1. The SMILES string of the molecule is [CH2]c1nc2ccc(F)cc2o1. The summed E-state index contributed by atoms with van der Waals surface area (Å²) in [5.74, 6) is -0.0146. The summed E-state index contributed by atoms with van der Waals surface area (Å²) >= 11 is 0. The van der Waals surface area contributed by atoms with Crippen LogP contribution in [-0.2, 0) is 0 Å². The second-order valence-corrected chi connectivity index (χ2v) is 2.22. The molecule has 0 aliphatic heterocycles. The highest BCUT2D eigenvalue weighted by Crippen LogP contribution is 2.15. The standard InChI is InChI=1S/C8H5FNO/c1-5-10-7-3-2-6(9)4-8(7)11-5/h2-4H,1H2. The van der Waals surface area contributed by atoms with Crippen molar-refractivity contribution in [2.75, 3.05) is 0 Å². The zero-order chi connectivity index (χ0) is 7.84. The van der Waals surface area contributed by atoms with Gasteiger partial charge in [0, 0.05) is 13.0 Å². The first kappa shape index (κ1) is 6.34. The maximum absolute atomic E-state index is 12.5. The predicted octanol–water partition coefficient (Wildman–Crippen LogP) is 2.15. The molecule has 2 rings (SSSR count). The third kappa shape index (κ3) is 0.981. The predicted molar refractivity (Wildman–Crippen MR) is 38.4 cm³/mol. The second kappa shape index (κ2) is 2.05. The van der Waals surface area contributed by atoms with E-state index in [1.54, 1.807) is 6.07 Å². The molecule has 1 aromatic heterocycles. The Kier molecular flexibility index (Phi) is 1.18. The Hall–Kier alpha value is -1.38. The number of hydrogen-bond acceptors (Lipinski definition) is 2. The van der Waals surface area contributed by atoms with E-state index in [4.69, 9.17) is 4.42 Å². The first-order valence-corrected chi connectivity index (χ1v) is 3.14. The molecule has 0 saturated heterocycles. The third-order valence-corrected chi connectivity index (χ3v) is 1.39. The molecule has 0 atom stereocenters. The first-order valence-electron chi connectivity index (χ1n) is 3.14. The molecule has 1 heterocycles. The highest BCUT2D eigenvalue weighted by molar-refractivity contribution is 5.72. The van der Waals surface area contributed by atoms with E-state index in [0.29, 0.717) is 17.0 Å². The van der Waals surface area contributed by atoms with Gasteiger partial charge in [0.15, 0.2) is 11.5 Å². The van der Waals surface area contributed by atoms with Crippen LogP contribution in [0.3, 0.4) is 0 Å². The number of oxazole rings is 1. The van der Waals surface area contributed by atoms with Crippen LogP contribution in [0, 0.1) is 12.7 Å². The molecular weight excluding hydrogens is 145 g/mol. The van der Waals surface area contributed by atoms with Crippen LogP contribution in [0.4, 0.5) is 4.39 Å². The summed E-state index contributed by atoms with van der Waals surface area (Å²) in [5.41, 5.74) is 1.08. The molecule has 0 unspecified atom stereocenters. The third-order valence-electron chi connectivity index (χ3n) is 1.39. The Morgan fingerprint density at radius 2 is 2.27 bits per heavy atom. The van der Waals surface area contributed by atoms with Gasteiger partial charge >= 0.3 is 0 Å². The number of benzene rings is 1. The molecule has 2 nitrogen and oxygen atoms in total. The molecule has 0 bridgehead atoms. The van der Waals surface area contributed by atoms with Crippen molar-refractivity contribution in [3.05, 3.63) is 36.8 Å². The quantitative estimate of drug-likeness (QED) is 0.575. The number of aromatic nitrogens is 1. The van der Waals surface area contributed by atoms with E-state index in [9.17, 15) is 4.39 Å². The van der Waals surface area contributed by atoms with Crippen molar-refractivity contribution in [2.45, 2.75) is 0 Å². The monoisotopic (exact) mass is 150 g/mol. The maximum atomic E-state index is 12.5. The van der Waals surface area contributed by atoms with Gasteiger partial charge in [-0.3, -0.25) is 0 Å². The van der Waals surface area contributed by atoms with E-state index >= 15 is 0 Å². The Morgan fingerprint density at radius 1 is 1.45 bits per heavy atom. The molecule has 2 aromatic rings. The van der Waals surface area contributed by atoms with Crippen molar-refractivity contribution < 1.29 is 8.81 Å². The lowest BCUT2D eigenvalue weighted by molar-refractivity contribution is 0.572. The molecule has 55 valence electrons. The van der Waals surface area contributed by atoms with Gasteiger partial charge in [0.05, 0.1) is 0 Å². The van der Waals surface area contributed by atoms with Crippen LogP contribution in [0.25, 0.3) is 11.1 Å². The largest absolute Gasteiger partial charge is 0.441 e. The fourth-order valence-corrected chi connectivity index (χ4v) is 0.946. The highest BCUT2D eigenvalue weighted by atomic mass is 19.1. The van der Waals surface area contributed by atoms with E-state index in [-0.39, 0.29) is 5.82 Å². The normalized spacial score (nSPS) is 10.7. The molecule has 11 heavy (non-hydrogen) atoms. The summed E-state index contributed by atoms with van der Waals surface area (Å²) in [4.78, 5) is 3.91. The van der Waals surface area contributed by atoms with Crippen LogP contribution in [0.5, 0.6) is 0 Å². The van der Waals surface area contributed by atoms with Crippen LogP contribution < -0.4 is 0 Å². The molecule has 0 spiro atoms. The Bertz CT molecular complexity index is 394. The second-order valence-electron chi connectivity index (χ2n) is 2.22. The lowest BCUT2D eigenvalue weighted by Crippen LogP contribution is -1.71. The zero-order valence-corrected chi connectivity index (χ0v) is 5.67. The van der Waals surface area contributed by atoms with Gasteiger partial charge in [-0.1, -0.05) is 0 Å². The molecule has 0 amide bonds. The molecule has 1 aromatic carbocycles. The van der Waals surface area contributed by atoms with Gasteiger partial charge < -0.3 is 4.42 Å². The van der Waals surface area contributed by atoms with Gasteiger partial charge in [-0.15, -0.1) is 0 Å². The van der Waals surface area contributed by atoms with Gasteiger partial charge in [-0.05, 0) is 12.1 Å². The van der Waals surface area contributed by atoms with Gasteiger partial charge in [-0.2, -0.15) is 0 Å². The van der Waals surface area contributed by atoms with E-state index in [1.165, 1.54) is 12.1 Å². The van der Waals surface area contributed by atoms with Gasteiger partial charge in [0.25, 0.3) is 0 Å². The minimum Gasteiger partial charge on any atom is -0.441 e. The number of hydrogen-bond donors (Lipinski definition) is 0. The lowest BCUT2D eigenvalue weighted by Gasteiger charge is -1.84. The maximum Gasteiger partial charge on any atom is 0.195 e. The topological polar surface area (TPSA) is 26.0 Å². The summed E-state index contributed by atoms with van der Waals surface area (Å²) < 4.78 is 17.5. The lowest BCUT2D eigenvalue weighted by atomic mass is 10.3. The van der Waals surface area contributed by atoms with E-state index in [2.05, 4.69) is 11.9 Å². The smallest absolute Gasteiger partial charge is 0.195 e. The molecule has 0 N–H and O–H groups in total. The van der Waals surface area contributed by atoms with Crippen molar-refractivity contribution in [1.82, 2.24) is 4.98 Å². The molecular formula is C8H5FNO. The van der Waals surface area contributed by atoms with Crippen molar-refractivity contribution in [2.24, 2.45) is 0 Å². The fraction of sp³-hybridized carbons (Fsp3) is 0. The highest BCUT2D eigenvalue weighted by Gasteiger charge is 2.01. The van der Waals surface area contributed by atoms with Crippen molar-refractivity contribution in [1.29, 1.82) is 0 Å². The summed E-state index contributed by atoms with van der Waals surface area (Å²) in [6, 6.07) is 4.18. The molecule has 0 saturated carbocycles. The van der Waals surface area contributed by atoms with Crippen LogP contribution in [0.15, 0.2) is 22.6 Å². The van der Waals surface area contributed by atoms with Crippen LogP contribution in [-0.4, -0.2) is 4.98 Å². The summed E-state index contributed by atoms with van der Waals surface area (Å²) in [6.07, 6.45) is 0. The van der Waals surface area contributed by atoms with Crippen LogP contribution >= 0.6 is 0 Å². The summed E-state index contributed by atoms with van der Waals surface area (Å²) in [7, 11) is 0. The number of halogens is 1. The van der Waals surface area contributed by atoms with Crippen LogP contribution in [0.2, 0.25) is 0 Å². The zero-order valence-electron chi connectivity index (χ0n) is 5.67. The molecule has 1 radical (unpaired) electrons. The van der Waals surface area contributed by atoms with Crippen LogP contribution in [0.1, 0.15) is 5.89 Å². The van der Waals surface area contributed by atoms with Gasteiger partial charge in [-0.25, -0.2) is 9.37 Å². The van der Waals surface area contributed by atoms with E-state index in [1.807, 2.05) is 0 Å². The minimum atomic E-state index is -0.325. The van der Waals surface area contributed by atoms with Gasteiger partial charge in [0.1, 0.15) is 11.3 Å². The average Bonchev–Trinajstić information content (AvgIpc) is 2.27. The summed E-state index contributed by atoms with van der Waals surface area (Å²) in [6.45, 7) is 3.49. The van der Waals surface area contributed by atoms with Gasteiger partial charge in [0.2, 0.25) is 0 Å². The molecule has 0 aliphatic rings. The van der Waals surface area contributed by atoms with E-state index < -0.39 is 0 Å². The Labute approximate surface area is 62.7 Å². The average molecular weight is 150 g/mol. The first-order chi connectivity index (χ1) is 5.25. The van der Waals surface area contributed by atoms with Crippen molar-refractivity contribution >= 4 is 11.1 Å². The molecule has 0 aliphatic carbocycles. The molecule has 0 fully saturated rings. The number of rotatable bonds is 0. The van der Waals surface area contributed by atoms with Crippen molar-refractivity contribution in [3.8, 4) is 0 Å². The Morgan fingerprint density at radius 3 is 3.09 bits per heavy atom. The minimum absolute atomic E-state index is 0.311. The Balaban J connectivity index is 2.82. The van der Waals surface area contributed by atoms with Crippen molar-refractivity contribution in [3.63, 3.8) is 0 Å². The molecule has 3 heteroatoms. The summed E-state index contributed by atoms with van der Waals surface area (Å²) in [5, 5.41) is 0.